The average molecular weight is 240 g/mol. The van der Waals surface area contributed by atoms with E-state index in [1.165, 1.54) is 25.0 Å². The highest BCUT2D eigenvalue weighted by atomic mass is 35.5. The summed E-state index contributed by atoms with van der Waals surface area (Å²) in [6.07, 6.45) is 4.48. The molecule has 0 bridgehead atoms. The number of amides is 1. The minimum atomic E-state index is -0.122. The summed E-state index contributed by atoms with van der Waals surface area (Å²) in [5.74, 6) is 0.145. The summed E-state index contributed by atoms with van der Waals surface area (Å²) in [5, 5.41) is 3.22. The molecule has 4 nitrogen and oxygen atoms in total. The van der Waals surface area contributed by atoms with E-state index in [1.54, 1.807) is 0 Å². The molecule has 1 aliphatic carbocycles. The van der Waals surface area contributed by atoms with Gasteiger partial charge in [0.2, 0.25) is 0 Å². The molecular weight excluding hydrogens is 226 g/mol. The molecule has 1 aliphatic rings. The fourth-order valence-corrected chi connectivity index (χ4v) is 2.20. The molecule has 0 saturated heterocycles. The van der Waals surface area contributed by atoms with E-state index in [0.29, 0.717) is 11.6 Å². The standard InChI is InChI=1S/C11H14ClN3O/c12-9-5-7(6-10(13)15-9)11(16)14-8-3-1-2-4-8/h5-6,8H,1-4H2,(H2,13,15)(H,14,16). The summed E-state index contributed by atoms with van der Waals surface area (Å²) in [5.41, 5.74) is 6.01. The molecule has 0 radical (unpaired) electrons. The molecule has 1 aromatic rings. The van der Waals surface area contributed by atoms with Crippen LogP contribution >= 0.6 is 11.6 Å². The molecule has 1 fully saturated rings. The van der Waals surface area contributed by atoms with Crippen molar-refractivity contribution in [2.75, 3.05) is 5.73 Å². The van der Waals surface area contributed by atoms with Crippen LogP contribution in [0.4, 0.5) is 5.82 Å². The van der Waals surface area contributed by atoms with E-state index in [9.17, 15) is 4.79 Å². The maximum Gasteiger partial charge on any atom is 0.251 e. The van der Waals surface area contributed by atoms with Crippen molar-refractivity contribution in [2.45, 2.75) is 31.7 Å². The molecule has 16 heavy (non-hydrogen) atoms. The average Bonchev–Trinajstić information content (AvgIpc) is 2.68. The van der Waals surface area contributed by atoms with Crippen LogP contribution in [0, 0.1) is 0 Å². The third-order valence-electron chi connectivity index (χ3n) is 2.77. The third-order valence-corrected chi connectivity index (χ3v) is 2.96. The predicted molar refractivity (Wildman–Crippen MR) is 63.4 cm³/mol. The number of anilines is 1. The van der Waals surface area contributed by atoms with E-state index in [4.69, 9.17) is 17.3 Å². The van der Waals surface area contributed by atoms with Crippen LogP contribution in [-0.2, 0) is 0 Å². The second-order valence-corrected chi connectivity index (χ2v) is 4.45. The molecular formula is C11H14ClN3O. The number of hydrogen-bond acceptors (Lipinski definition) is 3. The Bertz CT molecular complexity index is 382. The Morgan fingerprint density at radius 3 is 2.75 bits per heavy atom. The van der Waals surface area contributed by atoms with Crippen LogP contribution < -0.4 is 11.1 Å². The van der Waals surface area contributed by atoms with E-state index < -0.39 is 0 Å². The van der Waals surface area contributed by atoms with Crippen molar-refractivity contribution in [2.24, 2.45) is 0 Å². The molecule has 1 heterocycles. The van der Waals surface area contributed by atoms with Crippen LogP contribution in [0.25, 0.3) is 0 Å². The number of aromatic nitrogens is 1. The number of carbonyl (C=O) groups is 1. The zero-order chi connectivity index (χ0) is 11.5. The molecule has 3 N–H and O–H groups in total. The normalized spacial score (nSPS) is 16.3. The number of nitrogens with zero attached hydrogens (tertiary/aromatic N) is 1. The summed E-state index contributed by atoms with van der Waals surface area (Å²) < 4.78 is 0. The lowest BCUT2D eigenvalue weighted by atomic mass is 10.2. The fourth-order valence-electron chi connectivity index (χ4n) is 1.99. The minimum absolute atomic E-state index is 0.122. The van der Waals surface area contributed by atoms with Gasteiger partial charge in [-0.25, -0.2) is 4.98 Å². The van der Waals surface area contributed by atoms with Crippen molar-refractivity contribution in [3.63, 3.8) is 0 Å². The van der Waals surface area contributed by atoms with Crippen LogP contribution in [0.15, 0.2) is 12.1 Å². The summed E-state index contributed by atoms with van der Waals surface area (Å²) >= 11 is 5.74. The zero-order valence-corrected chi connectivity index (χ0v) is 9.63. The Hall–Kier alpha value is -1.29. The van der Waals surface area contributed by atoms with E-state index in [2.05, 4.69) is 10.3 Å². The number of nitrogen functional groups attached to an aromatic ring is 1. The first kappa shape index (κ1) is 11.2. The number of rotatable bonds is 2. The Balaban J connectivity index is 2.07. The highest BCUT2D eigenvalue weighted by molar-refractivity contribution is 6.29. The van der Waals surface area contributed by atoms with Crippen molar-refractivity contribution < 1.29 is 4.79 Å². The quantitative estimate of drug-likeness (QED) is 0.776. The maximum atomic E-state index is 11.9. The molecule has 2 rings (SSSR count). The van der Waals surface area contributed by atoms with Gasteiger partial charge in [0.15, 0.2) is 0 Å². The lowest BCUT2D eigenvalue weighted by Crippen LogP contribution is -2.32. The molecule has 0 aliphatic heterocycles. The molecule has 5 heteroatoms. The monoisotopic (exact) mass is 239 g/mol. The molecule has 1 saturated carbocycles. The van der Waals surface area contributed by atoms with Gasteiger partial charge in [-0.3, -0.25) is 4.79 Å². The lowest BCUT2D eigenvalue weighted by Gasteiger charge is -2.12. The molecule has 0 unspecified atom stereocenters. The Labute approximate surface area is 99.2 Å². The predicted octanol–water partition coefficient (Wildman–Crippen LogP) is 1.99. The van der Waals surface area contributed by atoms with Gasteiger partial charge in [0.25, 0.3) is 5.91 Å². The van der Waals surface area contributed by atoms with Gasteiger partial charge in [-0.15, -0.1) is 0 Å². The minimum Gasteiger partial charge on any atom is -0.384 e. The number of carbonyl (C=O) groups excluding carboxylic acids is 1. The van der Waals surface area contributed by atoms with Gasteiger partial charge < -0.3 is 11.1 Å². The van der Waals surface area contributed by atoms with Crippen molar-refractivity contribution in [1.29, 1.82) is 0 Å². The van der Waals surface area contributed by atoms with E-state index in [1.807, 2.05) is 0 Å². The maximum absolute atomic E-state index is 11.9. The Morgan fingerprint density at radius 2 is 2.12 bits per heavy atom. The summed E-state index contributed by atoms with van der Waals surface area (Å²) in [6, 6.07) is 3.36. The largest absolute Gasteiger partial charge is 0.384 e. The fraction of sp³-hybridized carbons (Fsp3) is 0.455. The van der Waals surface area contributed by atoms with Crippen LogP contribution in [0.3, 0.4) is 0 Å². The highest BCUT2D eigenvalue weighted by Crippen LogP contribution is 2.19. The van der Waals surface area contributed by atoms with Crippen LogP contribution in [0.5, 0.6) is 0 Å². The van der Waals surface area contributed by atoms with E-state index >= 15 is 0 Å². The Kier molecular flexibility index (Phi) is 3.29. The first-order chi connectivity index (χ1) is 7.65. The molecule has 0 atom stereocenters. The van der Waals surface area contributed by atoms with Crippen molar-refractivity contribution in [1.82, 2.24) is 10.3 Å². The zero-order valence-electron chi connectivity index (χ0n) is 8.87. The summed E-state index contributed by atoms with van der Waals surface area (Å²) in [4.78, 5) is 15.7. The second kappa shape index (κ2) is 4.70. The smallest absolute Gasteiger partial charge is 0.251 e. The van der Waals surface area contributed by atoms with Crippen LogP contribution in [0.2, 0.25) is 5.15 Å². The number of nitrogens with two attached hydrogens (primary N) is 1. The molecule has 0 aromatic carbocycles. The van der Waals surface area contributed by atoms with Crippen LogP contribution in [0.1, 0.15) is 36.0 Å². The van der Waals surface area contributed by atoms with E-state index in [-0.39, 0.29) is 16.9 Å². The van der Waals surface area contributed by atoms with Gasteiger partial charge in [-0.2, -0.15) is 0 Å². The summed E-state index contributed by atoms with van der Waals surface area (Å²) in [6.45, 7) is 0. The van der Waals surface area contributed by atoms with Gasteiger partial charge in [0.05, 0.1) is 0 Å². The number of nitrogens with one attached hydrogen (secondary N) is 1. The van der Waals surface area contributed by atoms with Crippen molar-refractivity contribution in [3.05, 3.63) is 22.8 Å². The first-order valence-corrected chi connectivity index (χ1v) is 5.77. The van der Waals surface area contributed by atoms with Gasteiger partial charge in [-0.05, 0) is 25.0 Å². The van der Waals surface area contributed by atoms with Gasteiger partial charge >= 0.3 is 0 Å². The number of hydrogen-bond donors (Lipinski definition) is 2. The third kappa shape index (κ3) is 2.64. The van der Waals surface area contributed by atoms with Crippen molar-refractivity contribution in [3.8, 4) is 0 Å². The SMILES string of the molecule is Nc1cc(C(=O)NC2CCCC2)cc(Cl)n1. The molecule has 0 spiro atoms. The Morgan fingerprint density at radius 1 is 1.44 bits per heavy atom. The second-order valence-electron chi connectivity index (χ2n) is 4.06. The lowest BCUT2D eigenvalue weighted by molar-refractivity contribution is 0.0938. The number of halogens is 1. The van der Waals surface area contributed by atoms with Crippen molar-refractivity contribution >= 4 is 23.3 Å². The molecule has 1 aromatic heterocycles. The van der Waals surface area contributed by atoms with Gasteiger partial charge in [0, 0.05) is 11.6 Å². The topological polar surface area (TPSA) is 68.0 Å². The molecule has 1 amide bonds. The first-order valence-electron chi connectivity index (χ1n) is 5.39. The molecule has 86 valence electrons. The van der Waals surface area contributed by atoms with E-state index in [0.717, 1.165) is 12.8 Å². The summed E-state index contributed by atoms with van der Waals surface area (Å²) in [7, 11) is 0. The highest BCUT2D eigenvalue weighted by Gasteiger charge is 2.18. The van der Waals surface area contributed by atoms with Crippen LogP contribution in [-0.4, -0.2) is 16.9 Å². The number of pyridine rings is 1. The van der Waals surface area contributed by atoms with Gasteiger partial charge in [-0.1, -0.05) is 24.4 Å². The van der Waals surface area contributed by atoms with Gasteiger partial charge in [0.1, 0.15) is 11.0 Å².